The van der Waals surface area contributed by atoms with Gasteiger partial charge in [-0.15, -0.1) is 11.3 Å². The molecule has 2 rings (SSSR count). The predicted octanol–water partition coefficient (Wildman–Crippen LogP) is 1.83. The monoisotopic (exact) mass is 373 g/mol. The lowest BCUT2D eigenvalue weighted by Crippen LogP contribution is -2.44. The molecule has 2 aromatic rings. The molecule has 3 N–H and O–H groups in total. The van der Waals surface area contributed by atoms with E-state index in [1.54, 1.807) is 18.4 Å². The molecule has 6 nitrogen and oxygen atoms in total. The van der Waals surface area contributed by atoms with Gasteiger partial charge in [-0.1, -0.05) is 30.3 Å². The fourth-order valence-electron chi connectivity index (χ4n) is 2.37. The van der Waals surface area contributed by atoms with Crippen LogP contribution in [0.2, 0.25) is 0 Å². The first-order chi connectivity index (χ1) is 12.6. The molecule has 26 heavy (non-hydrogen) atoms. The largest absolute Gasteiger partial charge is 0.356 e. The number of amides is 1. The Labute approximate surface area is 159 Å². The Balaban J connectivity index is 1.62. The van der Waals surface area contributed by atoms with Crippen LogP contribution in [0, 0.1) is 13.8 Å². The summed E-state index contributed by atoms with van der Waals surface area (Å²) in [5.41, 5.74) is 2.31. The van der Waals surface area contributed by atoms with Gasteiger partial charge in [-0.2, -0.15) is 0 Å². The van der Waals surface area contributed by atoms with Gasteiger partial charge in [-0.3, -0.25) is 9.79 Å². The van der Waals surface area contributed by atoms with Crippen molar-refractivity contribution in [2.75, 3.05) is 26.7 Å². The van der Waals surface area contributed by atoms with Gasteiger partial charge < -0.3 is 16.0 Å². The van der Waals surface area contributed by atoms with E-state index < -0.39 is 0 Å². The third-order valence-electron chi connectivity index (χ3n) is 3.92. The van der Waals surface area contributed by atoms with Crippen LogP contribution in [0.5, 0.6) is 0 Å². The van der Waals surface area contributed by atoms with Gasteiger partial charge in [0, 0.05) is 31.4 Å². The Hall–Kier alpha value is -2.41. The molecule has 1 heterocycles. The lowest BCUT2D eigenvalue weighted by molar-refractivity contribution is -0.119. The van der Waals surface area contributed by atoms with Crippen molar-refractivity contribution in [2.45, 2.75) is 26.7 Å². The first kappa shape index (κ1) is 19.9. The van der Waals surface area contributed by atoms with E-state index in [-0.39, 0.29) is 12.5 Å². The van der Waals surface area contributed by atoms with Crippen molar-refractivity contribution in [2.24, 2.45) is 4.99 Å². The molecule has 1 aromatic carbocycles. The minimum Gasteiger partial charge on any atom is -0.356 e. The summed E-state index contributed by atoms with van der Waals surface area (Å²) < 4.78 is 0. The number of nitrogens with one attached hydrogen (secondary N) is 3. The molecule has 0 fully saturated rings. The van der Waals surface area contributed by atoms with Crippen LogP contribution < -0.4 is 16.0 Å². The van der Waals surface area contributed by atoms with E-state index in [0.29, 0.717) is 12.5 Å². The van der Waals surface area contributed by atoms with Crippen LogP contribution in [0.15, 0.2) is 35.3 Å². The normalized spacial score (nSPS) is 11.3. The Morgan fingerprint density at radius 2 is 1.81 bits per heavy atom. The molecule has 0 saturated carbocycles. The van der Waals surface area contributed by atoms with Crippen LogP contribution in [0.4, 0.5) is 0 Å². The van der Waals surface area contributed by atoms with Gasteiger partial charge in [-0.25, -0.2) is 4.98 Å². The molecular weight excluding hydrogens is 346 g/mol. The van der Waals surface area contributed by atoms with Crippen LogP contribution in [-0.4, -0.2) is 43.5 Å². The van der Waals surface area contributed by atoms with E-state index in [1.807, 2.05) is 25.1 Å². The third kappa shape index (κ3) is 6.84. The molecule has 0 unspecified atom stereocenters. The van der Waals surface area contributed by atoms with Crippen molar-refractivity contribution in [1.29, 1.82) is 0 Å². The topological polar surface area (TPSA) is 78.4 Å². The number of hydrogen-bond acceptors (Lipinski definition) is 4. The first-order valence-electron chi connectivity index (χ1n) is 8.76. The lowest BCUT2D eigenvalue weighted by atomic mass is 10.1. The quantitative estimate of drug-likeness (QED) is 0.487. The molecular formula is C19H27N5OS. The van der Waals surface area contributed by atoms with Gasteiger partial charge in [0.05, 0.1) is 17.2 Å². The summed E-state index contributed by atoms with van der Waals surface area (Å²) in [6.07, 6.45) is 1.66. The molecule has 0 aliphatic carbocycles. The number of benzene rings is 1. The maximum atomic E-state index is 11.9. The van der Waals surface area contributed by atoms with Crippen LogP contribution >= 0.6 is 11.3 Å². The van der Waals surface area contributed by atoms with Crippen LogP contribution in [0.1, 0.15) is 21.1 Å². The Morgan fingerprint density at radius 1 is 1.08 bits per heavy atom. The molecule has 0 aliphatic rings. The number of hydrogen-bond donors (Lipinski definition) is 3. The van der Waals surface area contributed by atoms with Crippen LogP contribution in [0.3, 0.4) is 0 Å². The Bertz CT molecular complexity index is 707. The van der Waals surface area contributed by atoms with Crippen LogP contribution in [-0.2, 0) is 17.6 Å². The molecule has 0 spiro atoms. The average molecular weight is 374 g/mol. The van der Waals surface area contributed by atoms with Gasteiger partial charge in [0.25, 0.3) is 0 Å². The summed E-state index contributed by atoms with van der Waals surface area (Å²) in [5.74, 6) is 0.572. The summed E-state index contributed by atoms with van der Waals surface area (Å²) >= 11 is 1.72. The fraction of sp³-hybridized carbons (Fsp3) is 0.421. The van der Waals surface area contributed by atoms with Crippen molar-refractivity contribution in [3.05, 3.63) is 51.5 Å². The van der Waals surface area contributed by atoms with Crippen molar-refractivity contribution < 1.29 is 4.79 Å². The van der Waals surface area contributed by atoms with E-state index in [9.17, 15) is 4.79 Å². The standard InChI is InChI=1S/C19H27N5OS/c1-14-15(2)26-18(24-14)10-12-22-19(20-3)23-13-17(25)21-11-9-16-7-5-4-6-8-16/h4-8H,9-13H2,1-3H3,(H,21,25)(H2,20,22,23). The lowest BCUT2D eigenvalue weighted by Gasteiger charge is -2.11. The maximum absolute atomic E-state index is 11.9. The summed E-state index contributed by atoms with van der Waals surface area (Å²) in [4.78, 5) is 21.8. The highest BCUT2D eigenvalue weighted by molar-refractivity contribution is 7.11. The molecule has 0 radical (unpaired) electrons. The van der Waals surface area contributed by atoms with E-state index >= 15 is 0 Å². The minimum absolute atomic E-state index is 0.0462. The number of carbonyl (C=O) groups excluding carboxylic acids is 1. The van der Waals surface area contributed by atoms with Crippen molar-refractivity contribution in [3.8, 4) is 0 Å². The average Bonchev–Trinajstić information content (AvgIpc) is 2.96. The summed E-state index contributed by atoms with van der Waals surface area (Å²) in [6, 6.07) is 10.1. The smallest absolute Gasteiger partial charge is 0.239 e. The number of guanidine groups is 1. The van der Waals surface area contributed by atoms with Gasteiger partial charge in [0.2, 0.25) is 5.91 Å². The highest BCUT2D eigenvalue weighted by Gasteiger charge is 2.06. The summed E-state index contributed by atoms with van der Waals surface area (Å²) in [5, 5.41) is 10.3. The highest BCUT2D eigenvalue weighted by atomic mass is 32.1. The second-order valence-corrected chi connectivity index (χ2v) is 7.23. The van der Waals surface area contributed by atoms with E-state index in [2.05, 4.69) is 45.0 Å². The summed E-state index contributed by atoms with van der Waals surface area (Å²) in [7, 11) is 1.69. The number of rotatable bonds is 8. The van der Waals surface area contributed by atoms with Gasteiger partial charge >= 0.3 is 0 Å². The first-order valence-corrected chi connectivity index (χ1v) is 9.58. The van der Waals surface area contributed by atoms with Crippen molar-refractivity contribution in [3.63, 3.8) is 0 Å². The minimum atomic E-state index is -0.0462. The zero-order chi connectivity index (χ0) is 18.8. The molecule has 1 aromatic heterocycles. The molecule has 1 amide bonds. The molecule has 7 heteroatoms. The zero-order valence-corrected chi connectivity index (χ0v) is 16.4. The van der Waals surface area contributed by atoms with Gasteiger partial charge in [0.1, 0.15) is 0 Å². The fourth-order valence-corrected chi connectivity index (χ4v) is 3.31. The van der Waals surface area contributed by atoms with E-state index in [0.717, 1.165) is 30.1 Å². The number of thiazole rings is 1. The van der Waals surface area contributed by atoms with Gasteiger partial charge in [-0.05, 0) is 25.8 Å². The molecule has 0 atom stereocenters. The predicted molar refractivity (Wildman–Crippen MR) is 108 cm³/mol. The Kier molecular flexibility index (Phi) is 8.08. The number of aromatic nitrogens is 1. The Morgan fingerprint density at radius 3 is 2.46 bits per heavy atom. The number of aryl methyl sites for hydroxylation is 2. The van der Waals surface area contributed by atoms with E-state index in [4.69, 9.17) is 0 Å². The number of carbonyl (C=O) groups is 1. The summed E-state index contributed by atoms with van der Waals surface area (Å²) in [6.45, 7) is 5.66. The van der Waals surface area contributed by atoms with Crippen molar-refractivity contribution in [1.82, 2.24) is 20.9 Å². The second-order valence-electron chi connectivity index (χ2n) is 5.94. The van der Waals surface area contributed by atoms with E-state index in [1.165, 1.54) is 10.4 Å². The number of nitrogens with zero attached hydrogens (tertiary/aromatic N) is 2. The highest BCUT2D eigenvalue weighted by Crippen LogP contribution is 2.16. The number of aliphatic imine (C=N–C) groups is 1. The van der Waals surface area contributed by atoms with Gasteiger partial charge in [0.15, 0.2) is 5.96 Å². The maximum Gasteiger partial charge on any atom is 0.239 e. The zero-order valence-electron chi connectivity index (χ0n) is 15.6. The molecule has 0 aliphatic heterocycles. The molecule has 0 saturated heterocycles. The van der Waals surface area contributed by atoms with Crippen molar-refractivity contribution >= 4 is 23.2 Å². The third-order valence-corrected chi connectivity index (χ3v) is 5.06. The second kappa shape index (κ2) is 10.6. The SMILES string of the molecule is CN=C(NCCc1nc(C)c(C)s1)NCC(=O)NCCc1ccccc1. The molecule has 0 bridgehead atoms. The van der Waals surface area contributed by atoms with Crippen LogP contribution in [0.25, 0.3) is 0 Å². The molecule has 140 valence electrons.